The van der Waals surface area contributed by atoms with Crippen molar-refractivity contribution in [1.82, 2.24) is 9.78 Å². The zero-order valence-corrected chi connectivity index (χ0v) is 8.80. The second kappa shape index (κ2) is 3.34. The first-order valence-corrected chi connectivity index (χ1v) is 4.85. The Morgan fingerprint density at radius 1 is 1.73 bits per heavy atom. The Morgan fingerprint density at radius 2 is 2.40 bits per heavy atom. The molecule has 1 aromatic heterocycles. The summed E-state index contributed by atoms with van der Waals surface area (Å²) < 4.78 is 7.19. The predicted molar refractivity (Wildman–Crippen MR) is 52.3 cm³/mol. The van der Waals surface area contributed by atoms with Crippen LogP contribution in [0.25, 0.3) is 0 Å². The second-order valence-corrected chi connectivity index (χ2v) is 3.98. The van der Waals surface area contributed by atoms with Gasteiger partial charge in [-0.05, 0) is 18.9 Å². The largest absolute Gasteiger partial charge is 0.481 e. The number of ether oxygens (including phenoxy) is 1. The monoisotopic (exact) mass is 210 g/mol. The average molecular weight is 210 g/mol. The molecule has 0 aliphatic heterocycles. The van der Waals surface area contributed by atoms with E-state index in [0.29, 0.717) is 12.8 Å². The molecule has 1 aliphatic rings. The van der Waals surface area contributed by atoms with Crippen molar-refractivity contribution in [2.45, 2.75) is 18.4 Å². The Labute approximate surface area is 87.7 Å². The van der Waals surface area contributed by atoms with Crippen molar-refractivity contribution < 1.29 is 14.6 Å². The van der Waals surface area contributed by atoms with Crippen molar-refractivity contribution in [2.24, 2.45) is 13.0 Å². The summed E-state index contributed by atoms with van der Waals surface area (Å²) in [4.78, 5) is 10.8. The quantitative estimate of drug-likeness (QED) is 0.799. The molecule has 1 aliphatic carbocycles. The molecule has 1 aromatic rings. The van der Waals surface area contributed by atoms with Crippen LogP contribution in [0.15, 0.2) is 12.3 Å². The van der Waals surface area contributed by atoms with Crippen LogP contribution in [0.4, 0.5) is 0 Å². The van der Waals surface area contributed by atoms with Gasteiger partial charge in [0.2, 0.25) is 0 Å². The Kier molecular flexibility index (Phi) is 2.26. The number of aromatic nitrogens is 2. The minimum atomic E-state index is -0.746. The number of carboxylic acid groups (broad SMARTS) is 1. The number of aliphatic carboxylic acids is 1. The summed E-state index contributed by atoms with van der Waals surface area (Å²) in [5, 5.41) is 12.9. The van der Waals surface area contributed by atoms with E-state index in [0.717, 1.165) is 5.69 Å². The van der Waals surface area contributed by atoms with Gasteiger partial charge < -0.3 is 9.84 Å². The molecule has 0 amide bonds. The van der Waals surface area contributed by atoms with Crippen molar-refractivity contribution in [1.29, 1.82) is 0 Å². The maximum absolute atomic E-state index is 10.8. The van der Waals surface area contributed by atoms with Crippen LogP contribution in [0.2, 0.25) is 0 Å². The Hall–Kier alpha value is -1.36. The minimum Gasteiger partial charge on any atom is -0.481 e. The maximum Gasteiger partial charge on any atom is 0.306 e. The summed E-state index contributed by atoms with van der Waals surface area (Å²) in [6.45, 7) is 0. The van der Waals surface area contributed by atoms with Crippen LogP contribution in [-0.2, 0) is 22.2 Å². The van der Waals surface area contributed by atoms with Gasteiger partial charge in [-0.25, -0.2) is 0 Å². The van der Waals surface area contributed by atoms with Crippen LogP contribution in [0, 0.1) is 5.92 Å². The number of rotatable bonds is 3. The number of carbonyl (C=O) groups is 1. The molecule has 0 spiro atoms. The number of hydrogen-bond acceptors (Lipinski definition) is 3. The van der Waals surface area contributed by atoms with E-state index in [1.807, 2.05) is 13.1 Å². The van der Waals surface area contributed by atoms with Crippen LogP contribution in [0.1, 0.15) is 18.5 Å². The number of carboxylic acids is 1. The lowest BCUT2D eigenvalue weighted by atomic mass is 9.69. The molecule has 1 heterocycles. The third kappa shape index (κ3) is 1.43. The van der Waals surface area contributed by atoms with Crippen molar-refractivity contribution in [2.75, 3.05) is 7.11 Å². The fraction of sp³-hybridized carbons (Fsp3) is 0.600. The Morgan fingerprint density at radius 3 is 2.80 bits per heavy atom. The summed E-state index contributed by atoms with van der Waals surface area (Å²) in [5.74, 6) is -1.04. The van der Waals surface area contributed by atoms with Crippen LogP contribution in [0.3, 0.4) is 0 Å². The van der Waals surface area contributed by atoms with Gasteiger partial charge in [0.25, 0.3) is 0 Å². The first-order valence-electron chi connectivity index (χ1n) is 4.85. The normalized spacial score (nSPS) is 29.9. The lowest BCUT2D eigenvalue weighted by Gasteiger charge is -2.44. The molecule has 5 nitrogen and oxygen atoms in total. The lowest BCUT2D eigenvalue weighted by Crippen LogP contribution is -2.47. The molecule has 0 saturated heterocycles. The van der Waals surface area contributed by atoms with Crippen molar-refractivity contribution in [3.8, 4) is 0 Å². The molecular formula is C10H14N2O3. The lowest BCUT2D eigenvalue weighted by molar-refractivity contribution is -0.166. The van der Waals surface area contributed by atoms with E-state index < -0.39 is 11.6 Å². The van der Waals surface area contributed by atoms with Crippen LogP contribution < -0.4 is 0 Å². The Bertz CT molecular complexity index is 380. The molecule has 2 rings (SSSR count). The zero-order valence-electron chi connectivity index (χ0n) is 8.80. The summed E-state index contributed by atoms with van der Waals surface area (Å²) in [6.07, 6.45) is 2.75. The van der Waals surface area contributed by atoms with Crippen molar-refractivity contribution >= 4 is 5.97 Å². The SMILES string of the molecule is COC1(c2ccnn2C)CC(C(=O)O)C1. The summed E-state index contributed by atoms with van der Waals surface area (Å²) in [5.41, 5.74) is 0.497. The van der Waals surface area contributed by atoms with E-state index in [2.05, 4.69) is 5.10 Å². The van der Waals surface area contributed by atoms with Crippen LogP contribution in [-0.4, -0.2) is 28.0 Å². The number of methoxy groups -OCH3 is 1. The molecule has 15 heavy (non-hydrogen) atoms. The molecule has 0 atom stereocenters. The molecule has 1 fully saturated rings. The smallest absolute Gasteiger partial charge is 0.306 e. The highest BCUT2D eigenvalue weighted by atomic mass is 16.5. The summed E-state index contributed by atoms with van der Waals surface area (Å²) in [7, 11) is 3.45. The van der Waals surface area contributed by atoms with Gasteiger partial charge in [0, 0.05) is 20.4 Å². The topological polar surface area (TPSA) is 64.4 Å². The van der Waals surface area contributed by atoms with Gasteiger partial charge in [-0.15, -0.1) is 0 Å². The maximum atomic E-state index is 10.8. The highest BCUT2D eigenvalue weighted by molar-refractivity contribution is 5.71. The van der Waals surface area contributed by atoms with Gasteiger partial charge in [-0.3, -0.25) is 9.48 Å². The molecule has 1 N–H and O–H groups in total. The molecule has 0 unspecified atom stereocenters. The van der Waals surface area contributed by atoms with E-state index in [1.54, 1.807) is 18.0 Å². The van der Waals surface area contributed by atoms with Crippen LogP contribution in [0.5, 0.6) is 0 Å². The van der Waals surface area contributed by atoms with Gasteiger partial charge in [0.05, 0.1) is 11.6 Å². The first-order chi connectivity index (χ1) is 7.09. The van der Waals surface area contributed by atoms with Gasteiger partial charge in [0.15, 0.2) is 0 Å². The van der Waals surface area contributed by atoms with Gasteiger partial charge in [-0.2, -0.15) is 5.10 Å². The van der Waals surface area contributed by atoms with E-state index in [-0.39, 0.29) is 5.92 Å². The minimum absolute atomic E-state index is 0.292. The first kappa shape index (κ1) is 10.2. The molecular weight excluding hydrogens is 196 g/mol. The predicted octanol–water partition coefficient (Wildman–Crippen LogP) is 0.756. The second-order valence-electron chi connectivity index (χ2n) is 3.98. The van der Waals surface area contributed by atoms with E-state index in [4.69, 9.17) is 9.84 Å². The van der Waals surface area contributed by atoms with Crippen molar-refractivity contribution in [3.05, 3.63) is 18.0 Å². The van der Waals surface area contributed by atoms with E-state index >= 15 is 0 Å². The molecule has 5 heteroatoms. The van der Waals surface area contributed by atoms with Crippen LogP contribution >= 0.6 is 0 Å². The van der Waals surface area contributed by atoms with Gasteiger partial charge in [-0.1, -0.05) is 0 Å². The van der Waals surface area contributed by atoms with Gasteiger partial charge in [0.1, 0.15) is 5.60 Å². The van der Waals surface area contributed by atoms with E-state index in [9.17, 15) is 4.79 Å². The molecule has 0 aromatic carbocycles. The molecule has 1 saturated carbocycles. The van der Waals surface area contributed by atoms with Crippen molar-refractivity contribution in [3.63, 3.8) is 0 Å². The summed E-state index contributed by atoms with van der Waals surface area (Å²) in [6, 6.07) is 1.88. The number of hydrogen-bond donors (Lipinski definition) is 1. The van der Waals surface area contributed by atoms with E-state index in [1.165, 1.54) is 0 Å². The standard InChI is InChI=1S/C10H14N2O3/c1-12-8(3-4-11-12)10(15-2)5-7(6-10)9(13)14/h3-4,7H,5-6H2,1-2H3,(H,13,14). The molecule has 0 radical (unpaired) electrons. The third-order valence-electron chi connectivity index (χ3n) is 3.18. The Balaban J connectivity index is 2.21. The molecule has 0 bridgehead atoms. The average Bonchev–Trinajstić information content (AvgIpc) is 2.51. The highest BCUT2D eigenvalue weighted by Crippen LogP contribution is 2.48. The molecule has 82 valence electrons. The number of aryl methyl sites for hydroxylation is 1. The fourth-order valence-electron chi connectivity index (χ4n) is 2.21. The highest BCUT2D eigenvalue weighted by Gasteiger charge is 2.50. The zero-order chi connectivity index (χ0) is 11.1. The third-order valence-corrected chi connectivity index (χ3v) is 3.18. The number of nitrogens with zero attached hydrogens (tertiary/aromatic N) is 2. The fourth-order valence-corrected chi connectivity index (χ4v) is 2.21. The summed E-state index contributed by atoms with van der Waals surface area (Å²) >= 11 is 0. The van der Waals surface area contributed by atoms with Gasteiger partial charge >= 0.3 is 5.97 Å².